The van der Waals surface area contributed by atoms with Crippen molar-refractivity contribution in [3.8, 4) is 0 Å². The van der Waals surface area contributed by atoms with Gasteiger partial charge in [0.1, 0.15) is 0 Å². The molecule has 1 unspecified atom stereocenters. The lowest BCUT2D eigenvalue weighted by molar-refractivity contribution is 0.137. The maximum Gasteiger partial charge on any atom is 0.0802 e. The van der Waals surface area contributed by atoms with Gasteiger partial charge in [-0.1, -0.05) is 29.8 Å². The number of aliphatic hydroxyl groups excluding tert-OH is 1. The third-order valence-corrected chi connectivity index (χ3v) is 4.91. The zero-order valence-corrected chi connectivity index (χ0v) is 13.4. The molecule has 1 aliphatic carbocycles. The number of hydrogen-bond donors (Lipinski definition) is 1. The maximum atomic E-state index is 10.4. The molecular formula is C18H23NOS. The van der Waals surface area contributed by atoms with Gasteiger partial charge in [-0.3, -0.25) is 4.90 Å². The van der Waals surface area contributed by atoms with E-state index in [-0.39, 0.29) is 6.10 Å². The second kappa shape index (κ2) is 6.73. The molecule has 0 amide bonds. The molecule has 1 heterocycles. The summed E-state index contributed by atoms with van der Waals surface area (Å²) in [6, 6.07) is 11.2. The van der Waals surface area contributed by atoms with Crippen molar-refractivity contribution in [3.05, 3.63) is 57.8 Å². The van der Waals surface area contributed by atoms with E-state index in [2.05, 4.69) is 40.8 Å². The maximum absolute atomic E-state index is 10.4. The summed E-state index contributed by atoms with van der Waals surface area (Å²) in [5.74, 6) is 0. The fourth-order valence-corrected chi connectivity index (χ4v) is 3.35. The Balaban J connectivity index is 1.55. The monoisotopic (exact) mass is 301 g/mol. The molecule has 0 spiro atoms. The van der Waals surface area contributed by atoms with Gasteiger partial charge in [-0.2, -0.15) is 11.3 Å². The summed E-state index contributed by atoms with van der Waals surface area (Å²) in [7, 11) is 0. The van der Waals surface area contributed by atoms with Gasteiger partial charge in [-0.15, -0.1) is 0 Å². The van der Waals surface area contributed by atoms with E-state index in [1.54, 1.807) is 11.3 Å². The predicted molar refractivity (Wildman–Crippen MR) is 88.5 cm³/mol. The lowest BCUT2D eigenvalue weighted by Crippen LogP contribution is -2.27. The molecule has 3 rings (SSSR count). The molecule has 0 bridgehead atoms. The molecule has 2 aromatic rings. The topological polar surface area (TPSA) is 23.5 Å². The van der Waals surface area contributed by atoms with Crippen LogP contribution in [0.15, 0.2) is 41.1 Å². The standard InChI is InChI=1S/C18H23NOS/c1-14-2-4-16(5-3-14)18(20)8-10-19(17-6-7-17)12-15-9-11-21-13-15/h2-5,9,11,13,17-18,20H,6-8,10,12H2,1H3. The average molecular weight is 301 g/mol. The van der Waals surface area contributed by atoms with Crippen LogP contribution in [-0.2, 0) is 6.54 Å². The van der Waals surface area contributed by atoms with Crippen molar-refractivity contribution in [3.63, 3.8) is 0 Å². The van der Waals surface area contributed by atoms with Gasteiger partial charge < -0.3 is 5.11 Å². The van der Waals surface area contributed by atoms with E-state index in [9.17, 15) is 5.11 Å². The Hall–Kier alpha value is -1.16. The third-order valence-electron chi connectivity index (χ3n) is 4.18. The highest BCUT2D eigenvalue weighted by atomic mass is 32.1. The van der Waals surface area contributed by atoms with Crippen LogP contribution in [0.25, 0.3) is 0 Å². The van der Waals surface area contributed by atoms with Gasteiger partial charge in [-0.05, 0) is 54.1 Å². The Morgan fingerprint density at radius 3 is 2.62 bits per heavy atom. The number of rotatable bonds is 7. The van der Waals surface area contributed by atoms with Crippen molar-refractivity contribution in [2.75, 3.05) is 6.54 Å². The van der Waals surface area contributed by atoms with Gasteiger partial charge in [0.15, 0.2) is 0 Å². The molecule has 1 aromatic heterocycles. The van der Waals surface area contributed by atoms with Crippen LogP contribution in [0.5, 0.6) is 0 Å². The number of aryl methyl sites for hydroxylation is 1. The van der Waals surface area contributed by atoms with Crippen molar-refractivity contribution >= 4 is 11.3 Å². The highest BCUT2D eigenvalue weighted by Crippen LogP contribution is 2.30. The molecule has 0 radical (unpaired) electrons. The smallest absolute Gasteiger partial charge is 0.0802 e. The first kappa shape index (κ1) is 14.8. The first-order chi connectivity index (χ1) is 10.2. The van der Waals surface area contributed by atoms with E-state index < -0.39 is 0 Å². The largest absolute Gasteiger partial charge is 0.388 e. The summed E-state index contributed by atoms with van der Waals surface area (Å²) in [5.41, 5.74) is 3.67. The molecule has 112 valence electrons. The van der Waals surface area contributed by atoms with Crippen LogP contribution in [0, 0.1) is 6.92 Å². The van der Waals surface area contributed by atoms with Gasteiger partial charge in [0.25, 0.3) is 0 Å². The molecule has 2 nitrogen and oxygen atoms in total. The Morgan fingerprint density at radius 2 is 2.00 bits per heavy atom. The summed E-state index contributed by atoms with van der Waals surface area (Å²) >= 11 is 1.76. The van der Waals surface area contributed by atoms with Gasteiger partial charge >= 0.3 is 0 Å². The Bertz CT molecular complexity index is 545. The van der Waals surface area contributed by atoms with Crippen LogP contribution < -0.4 is 0 Å². The number of thiophene rings is 1. The van der Waals surface area contributed by atoms with Gasteiger partial charge in [0.2, 0.25) is 0 Å². The van der Waals surface area contributed by atoms with Crippen LogP contribution in [0.3, 0.4) is 0 Å². The molecule has 1 fully saturated rings. The van der Waals surface area contributed by atoms with Crippen LogP contribution in [0.2, 0.25) is 0 Å². The fraction of sp³-hybridized carbons (Fsp3) is 0.444. The van der Waals surface area contributed by atoms with E-state index in [0.717, 1.165) is 31.1 Å². The minimum absolute atomic E-state index is 0.352. The van der Waals surface area contributed by atoms with Gasteiger partial charge in [0, 0.05) is 19.1 Å². The number of aliphatic hydroxyl groups is 1. The van der Waals surface area contributed by atoms with Crippen LogP contribution >= 0.6 is 11.3 Å². The second-order valence-electron chi connectivity index (χ2n) is 6.05. The Labute approximate surface area is 131 Å². The normalized spacial score (nSPS) is 16.3. The molecule has 0 aliphatic heterocycles. The van der Waals surface area contributed by atoms with Gasteiger partial charge in [0.05, 0.1) is 6.10 Å². The third kappa shape index (κ3) is 4.16. The average Bonchev–Trinajstić information content (AvgIpc) is 3.21. The summed E-state index contributed by atoms with van der Waals surface area (Å²) in [6.45, 7) is 4.07. The molecule has 21 heavy (non-hydrogen) atoms. The molecule has 1 saturated carbocycles. The Kier molecular flexibility index (Phi) is 4.73. The number of hydrogen-bond acceptors (Lipinski definition) is 3. The number of benzene rings is 1. The highest BCUT2D eigenvalue weighted by Gasteiger charge is 2.29. The minimum Gasteiger partial charge on any atom is -0.388 e. The van der Waals surface area contributed by atoms with Crippen molar-refractivity contribution < 1.29 is 5.11 Å². The fourth-order valence-electron chi connectivity index (χ4n) is 2.69. The highest BCUT2D eigenvalue weighted by molar-refractivity contribution is 7.07. The lowest BCUT2D eigenvalue weighted by atomic mass is 10.0. The summed E-state index contributed by atoms with van der Waals surface area (Å²) in [4.78, 5) is 2.53. The van der Waals surface area contributed by atoms with Gasteiger partial charge in [-0.25, -0.2) is 0 Å². The van der Waals surface area contributed by atoms with E-state index in [4.69, 9.17) is 0 Å². The first-order valence-electron chi connectivity index (χ1n) is 7.72. The van der Waals surface area contributed by atoms with Crippen molar-refractivity contribution in [1.82, 2.24) is 4.90 Å². The van der Waals surface area contributed by atoms with Crippen molar-refractivity contribution in [2.24, 2.45) is 0 Å². The Morgan fingerprint density at radius 1 is 1.24 bits per heavy atom. The predicted octanol–water partition coefficient (Wildman–Crippen LogP) is 4.14. The molecular weight excluding hydrogens is 278 g/mol. The minimum atomic E-state index is -0.352. The zero-order valence-electron chi connectivity index (χ0n) is 12.5. The summed E-state index contributed by atoms with van der Waals surface area (Å²) in [5, 5.41) is 14.7. The molecule has 1 atom stereocenters. The molecule has 0 saturated heterocycles. The van der Waals surface area contributed by atoms with Crippen LogP contribution in [0.4, 0.5) is 0 Å². The summed E-state index contributed by atoms with van der Waals surface area (Å²) in [6.07, 6.45) is 3.08. The summed E-state index contributed by atoms with van der Waals surface area (Å²) < 4.78 is 0. The van der Waals surface area contributed by atoms with Crippen LogP contribution in [-0.4, -0.2) is 22.6 Å². The quantitative estimate of drug-likeness (QED) is 0.830. The van der Waals surface area contributed by atoms with E-state index in [1.807, 2.05) is 12.1 Å². The SMILES string of the molecule is Cc1ccc(C(O)CCN(Cc2ccsc2)C2CC2)cc1. The van der Waals surface area contributed by atoms with E-state index in [1.165, 1.54) is 24.0 Å². The first-order valence-corrected chi connectivity index (χ1v) is 8.66. The van der Waals surface area contributed by atoms with Crippen LogP contribution in [0.1, 0.15) is 42.1 Å². The number of nitrogens with zero attached hydrogens (tertiary/aromatic N) is 1. The lowest BCUT2D eigenvalue weighted by Gasteiger charge is -2.23. The van der Waals surface area contributed by atoms with Crippen molar-refractivity contribution in [2.45, 2.75) is 44.9 Å². The molecule has 1 aromatic carbocycles. The zero-order chi connectivity index (χ0) is 14.7. The van der Waals surface area contributed by atoms with Crippen molar-refractivity contribution in [1.29, 1.82) is 0 Å². The molecule has 1 N–H and O–H groups in total. The second-order valence-corrected chi connectivity index (χ2v) is 6.83. The molecule has 1 aliphatic rings. The van der Waals surface area contributed by atoms with E-state index >= 15 is 0 Å². The molecule has 3 heteroatoms. The van der Waals surface area contributed by atoms with E-state index in [0.29, 0.717) is 0 Å².